The first-order valence-electron chi connectivity index (χ1n) is 10.5. The quantitative estimate of drug-likeness (QED) is 0.527. The molecular formula is C26H24N4O3. The van der Waals surface area contributed by atoms with Crippen molar-refractivity contribution in [3.05, 3.63) is 107 Å². The number of amidine groups is 1. The Morgan fingerprint density at radius 1 is 0.970 bits per heavy atom. The number of hydrogen-bond donors (Lipinski definition) is 2. The minimum Gasteiger partial charge on any atom is -0.497 e. The second kappa shape index (κ2) is 10.4. The van der Waals surface area contributed by atoms with E-state index in [0.717, 1.165) is 22.4 Å². The molecule has 0 radical (unpaired) electrons. The fraction of sp³-hybridized carbons (Fsp3) is 0.115. The van der Waals surface area contributed by atoms with Gasteiger partial charge in [-0.2, -0.15) is 0 Å². The molecule has 7 heteroatoms. The molecule has 2 amide bonds. The smallest absolute Gasteiger partial charge is 0.292 e. The van der Waals surface area contributed by atoms with Crippen LogP contribution in [-0.4, -0.2) is 36.3 Å². The maximum absolute atomic E-state index is 13.1. The summed E-state index contributed by atoms with van der Waals surface area (Å²) in [5.41, 5.74) is 5.79. The van der Waals surface area contributed by atoms with Crippen molar-refractivity contribution >= 4 is 23.7 Å². The van der Waals surface area contributed by atoms with E-state index < -0.39 is 0 Å². The van der Waals surface area contributed by atoms with Gasteiger partial charge in [0, 0.05) is 12.1 Å². The predicted octanol–water partition coefficient (Wildman–Crippen LogP) is 3.15. The van der Waals surface area contributed by atoms with Crippen LogP contribution in [0.1, 0.15) is 16.7 Å². The van der Waals surface area contributed by atoms with E-state index in [1.165, 1.54) is 5.01 Å². The zero-order valence-corrected chi connectivity index (χ0v) is 18.2. The Morgan fingerprint density at radius 3 is 2.30 bits per heavy atom. The molecule has 0 spiro atoms. The minimum atomic E-state index is -0.333. The number of methoxy groups -OCH3 is 1. The highest BCUT2D eigenvalue weighted by atomic mass is 16.5. The molecule has 0 saturated carbocycles. The third-order valence-corrected chi connectivity index (χ3v) is 5.04. The van der Waals surface area contributed by atoms with Crippen LogP contribution < -0.4 is 15.5 Å². The van der Waals surface area contributed by atoms with Gasteiger partial charge in [0.2, 0.25) is 5.91 Å². The number of amides is 2. The van der Waals surface area contributed by atoms with Gasteiger partial charge in [0.05, 0.1) is 13.7 Å². The van der Waals surface area contributed by atoms with Gasteiger partial charge in [-0.1, -0.05) is 72.8 Å². The SMILES string of the molecule is COc1ccc(/C=C2\N=C(c3ccccc3)N(NCC(=O)NCc3ccccc3)C2=O)cc1. The molecule has 0 atom stereocenters. The molecule has 1 aliphatic heterocycles. The van der Waals surface area contributed by atoms with Gasteiger partial charge >= 0.3 is 0 Å². The first kappa shape index (κ1) is 22.0. The maximum atomic E-state index is 13.1. The first-order chi connectivity index (χ1) is 16.1. The van der Waals surface area contributed by atoms with Crippen LogP contribution in [0, 0.1) is 0 Å². The Hall–Kier alpha value is -4.23. The fourth-order valence-electron chi connectivity index (χ4n) is 3.31. The number of hydrazine groups is 1. The van der Waals surface area contributed by atoms with Crippen LogP contribution in [-0.2, 0) is 16.1 Å². The number of ether oxygens (including phenoxy) is 1. The van der Waals surface area contributed by atoms with Crippen LogP contribution in [0.2, 0.25) is 0 Å². The largest absolute Gasteiger partial charge is 0.497 e. The van der Waals surface area contributed by atoms with Gasteiger partial charge in [-0.25, -0.2) is 15.4 Å². The van der Waals surface area contributed by atoms with E-state index in [-0.39, 0.29) is 24.1 Å². The number of hydrogen-bond acceptors (Lipinski definition) is 5. The van der Waals surface area contributed by atoms with Crippen LogP contribution in [0.25, 0.3) is 6.08 Å². The molecule has 3 aromatic carbocycles. The van der Waals surface area contributed by atoms with E-state index >= 15 is 0 Å². The lowest BCUT2D eigenvalue weighted by Crippen LogP contribution is -2.48. The van der Waals surface area contributed by atoms with E-state index in [2.05, 4.69) is 15.7 Å². The molecule has 0 aliphatic carbocycles. The van der Waals surface area contributed by atoms with Crippen molar-refractivity contribution in [1.29, 1.82) is 0 Å². The molecule has 0 fully saturated rings. The highest BCUT2D eigenvalue weighted by Crippen LogP contribution is 2.21. The Labute approximate surface area is 192 Å². The van der Waals surface area contributed by atoms with Crippen molar-refractivity contribution in [2.45, 2.75) is 6.54 Å². The van der Waals surface area contributed by atoms with Crippen LogP contribution >= 0.6 is 0 Å². The predicted molar refractivity (Wildman–Crippen MR) is 127 cm³/mol. The summed E-state index contributed by atoms with van der Waals surface area (Å²) in [4.78, 5) is 30.1. The lowest BCUT2D eigenvalue weighted by Gasteiger charge is -2.19. The van der Waals surface area contributed by atoms with E-state index in [4.69, 9.17) is 4.74 Å². The number of aliphatic imine (C=N–C) groups is 1. The lowest BCUT2D eigenvalue weighted by molar-refractivity contribution is -0.126. The zero-order valence-electron chi connectivity index (χ0n) is 18.2. The highest BCUT2D eigenvalue weighted by molar-refractivity contribution is 6.19. The standard InChI is InChI=1S/C26H24N4O3/c1-33-22-14-12-19(13-15-22)16-23-26(32)30(25(29-23)21-10-6-3-7-11-21)28-18-24(31)27-17-20-8-4-2-5-9-20/h2-16,28H,17-18H2,1H3,(H,27,31)/b23-16-. The summed E-state index contributed by atoms with van der Waals surface area (Å²) in [5, 5.41) is 4.17. The van der Waals surface area contributed by atoms with Gasteiger partial charge < -0.3 is 10.1 Å². The normalized spacial score (nSPS) is 14.3. The maximum Gasteiger partial charge on any atom is 0.292 e. The topological polar surface area (TPSA) is 83.0 Å². The summed E-state index contributed by atoms with van der Waals surface area (Å²) in [6.45, 7) is 0.345. The van der Waals surface area contributed by atoms with Gasteiger partial charge in [-0.3, -0.25) is 9.59 Å². The Bertz CT molecular complexity index is 1170. The minimum absolute atomic E-state index is 0.0692. The van der Waals surface area contributed by atoms with Crippen LogP contribution in [0.3, 0.4) is 0 Å². The third-order valence-electron chi connectivity index (χ3n) is 5.04. The number of rotatable bonds is 8. The van der Waals surface area contributed by atoms with Gasteiger partial charge in [0.1, 0.15) is 11.4 Å². The summed E-state index contributed by atoms with van der Waals surface area (Å²) in [6, 6.07) is 26.4. The van der Waals surface area contributed by atoms with Crippen molar-refractivity contribution < 1.29 is 14.3 Å². The Morgan fingerprint density at radius 2 is 1.64 bits per heavy atom. The Kier molecular flexibility index (Phi) is 6.92. The molecule has 0 bridgehead atoms. The van der Waals surface area contributed by atoms with E-state index in [1.807, 2.05) is 84.9 Å². The zero-order chi connectivity index (χ0) is 23.0. The Balaban J connectivity index is 1.49. The number of nitrogens with zero attached hydrogens (tertiary/aromatic N) is 2. The third kappa shape index (κ3) is 5.53. The van der Waals surface area contributed by atoms with Crippen molar-refractivity contribution in [2.24, 2.45) is 4.99 Å². The molecular weight excluding hydrogens is 416 g/mol. The van der Waals surface area contributed by atoms with Crippen molar-refractivity contribution in [3.8, 4) is 5.75 Å². The summed E-state index contributed by atoms with van der Waals surface area (Å²) in [7, 11) is 1.60. The van der Waals surface area contributed by atoms with Crippen LogP contribution in [0.4, 0.5) is 0 Å². The highest BCUT2D eigenvalue weighted by Gasteiger charge is 2.31. The van der Waals surface area contributed by atoms with Gasteiger partial charge in [0.25, 0.3) is 5.91 Å². The van der Waals surface area contributed by atoms with Gasteiger partial charge in [-0.15, -0.1) is 0 Å². The second-order valence-electron chi connectivity index (χ2n) is 7.34. The molecule has 7 nitrogen and oxygen atoms in total. The van der Waals surface area contributed by atoms with Crippen LogP contribution in [0.5, 0.6) is 5.75 Å². The first-order valence-corrected chi connectivity index (χ1v) is 10.5. The van der Waals surface area contributed by atoms with Gasteiger partial charge in [-0.05, 0) is 29.3 Å². The second-order valence-corrected chi connectivity index (χ2v) is 7.34. The monoisotopic (exact) mass is 440 g/mol. The molecule has 0 saturated heterocycles. The summed E-state index contributed by atoms with van der Waals surface area (Å²) < 4.78 is 5.18. The molecule has 0 unspecified atom stereocenters. The van der Waals surface area contributed by atoms with E-state index in [9.17, 15) is 9.59 Å². The van der Waals surface area contributed by atoms with Gasteiger partial charge in [0.15, 0.2) is 5.84 Å². The summed E-state index contributed by atoms with van der Waals surface area (Å²) in [6.07, 6.45) is 1.71. The molecule has 1 aliphatic rings. The number of carbonyl (C=O) groups is 2. The number of benzene rings is 3. The lowest BCUT2D eigenvalue weighted by atomic mass is 10.2. The number of carbonyl (C=O) groups excluding carboxylic acids is 2. The van der Waals surface area contributed by atoms with E-state index in [0.29, 0.717) is 12.4 Å². The fourth-order valence-corrected chi connectivity index (χ4v) is 3.31. The van der Waals surface area contributed by atoms with E-state index in [1.54, 1.807) is 13.2 Å². The molecule has 0 aromatic heterocycles. The van der Waals surface area contributed by atoms with Crippen molar-refractivity contribution in [2.75, 3.05) is 13.7 Å². The number of nitrogens with one attached hydrogen (secondary N) is 2. The van der Waals surface area contributed by atoms with Crippen molar-refractivity contribution in [3.63, 3.8) is 0 Å². The summed E-state index contributed by atoms with van der Waals surface area (Å²) in [5.74, 6) is 0.608. The molecule has 1 heterocycles. The molecule has 4 rings (SSSR count). The average Bonchev–Trinajstić information content (AvgIpc) is 3.18. The average molecular weight is 441 g/mol. The molecule has 2 N–H and O–H groups in total. The summed E-state index contributed by atoms with van der Waals surface area (Å²) >= 11 is 0. The molecule has 166 valence electrons. The van der Waals surface area contributed by atoms with Crippen LogP contribution in [0.15, 0.2) is 95.6 Å². The van der Waals surface area contributed by atoms with Crippen molar-refractivity contribution in [1.82, 2.24) is 15.8 Å². The molecule has 33 heavy (non-hydrogen) atoms. The molecule has 3 aromatic rings.